The predicted octanol–water partition coefficient (Wildman–Crippen LogP) is 1.65. The largest absolute Gasteiger partial charge is 0.310 e. The van der Waals surface area contributed by atoms with Crippen LogP contribution in [0.25, 0.3) is 0 Å². The fraction of sp³-hybridized carbons (Fsp3) is 0.571. The first-order chi connectivity index (χ1) is 9.46. The zero-order valence-corrected chi connectivity index (χ0v) is 12.3. The van der Waals surface area contributed by atoms with Crippen molar-refractivity contribution in [3.8, 4) is 0 Å². The summed E-state index contributed by atoms with van der Waals surface area (Å²) in [4.78, 5) is 0.0928. The highest BCUT2D eigenvalue weighted by Gasteiger charge is 2.35. The van der Waals surface area contributed by atoms with E-state index in [1.807, 2.05) is 0 Å². The first kappa shape index (κ1) is 14.0. The van der Waals surface area contributed by atoms with Crippen LogP contribution in [0.15, 0.2) is 23.1 Å². The maximum atomic E-state index is 13.4. The van der Waals surface area contributed by atoms with Crippen LogP contribution < -0.4 is 5.32 Å². The van der Waals surface area contributed by atoms with Crippen molar-refractivity contribution in [2.75, 3.05) is 13.1 Å². The molecule has 2 fully saturated rings. The molecule has 110 valence electrons. The fourth-order valence-corrected chi connectivity index (χ4v) is 4.86. The summed E-state index contributed by atoms with van der Waals surface area (Å²) in [7, 11) is -3.61. The van der Waals surface area contributed by atoms with Gasteiger partial charge in [-0.3, -0.25) is 0 Å². The standard InChI is InChI=1S/C14H19FN2O2S/c1-10-2-3-11(15)8-14(10)20(18,19)17-7-6-12-4-5-13(9-17)16-12/h2-3,8,12-13,16H,4-7,9H2,1H3. The Labute approximate surface area is 119 Å². The second-order valence-corrected chi connectivity index (χ2v) is 7.61. The topological polar surface area (TPSA) is 49.4 Å². The maximum Gasteiger partial charge on any atom is 0.243 e. The Bertz CT molecular complexity index is 618. The Kier molecular flexibility index (Phi) is 3.56. The van der Waals surface area contributed by atoms with Gasteiger partial charge in [0.05, 0.1) is 4.90 Å². The molecule has 2 heterocycles. The summed E-state index contributed by atoms with van der Waals surface area (Å²) in [5, 5.41) is 3.45. The number of benzene rings is 1. The third kappa shape index (κ3) is 2.47. The van der Waals surface area contributed by atoms with Gasteiger partial charge in [-0.05, 0) is 43.9 Å². The number of hydrogen-bond donors (Lipinski definition) is 1. The molecule has 1 aromatic rings. The minimum atomic E-state index is -3.61. The summed E-state index contributed by atoms with van der Waals surface area (Å²) >= 11 is 0. The molecule has 20 heavy (non-hydrogen) atoms. The van der Waals surface area contributed by atoms with Crippen molar-refractivity contribution in [1.29, 1.82) is 0 Å². The van der Waals surface area contributed by atoms with Crippen molar-refractivity contribution in [3.05, 3.63) is 29.6 Å². The van der Waals surface area contributed by atoms with E-state index in [0.29, 0.717) is 24.7 Å². The normalized spacial score (nSPS) is 27.5. The molecule has 0 amide bonds. The van der Waals surface area contributed by atoms with Crippen LogP contribution in [-0.2, 0) is 10.0 Å². The maximum absolute atomic E-state index is 13.4. The summed E-state index contributed by atoms with van der Waals surface area (Å²) in [5.74, 6) is -0.511. The van der Waals surface area contributed by atoms with E-state index in [1.165, 1.54) is 16.4 Å². The second-order valence-electron chi connectivity index (χ2n) is 5.70. The van der Waals surface area contributed by atoms with Gasteiger partial charge >= 0.3 is 0 Å². The van der Waals surface area contributed by atoms with E-state index in [9.17, 15) is 12.8 Å². The van der Waals surface area contributed by atoms with Crippen molar-refractivity contribution in [2.45, 2.75) is 43.2 Å². The Balaban J connectivity index is 1.93. The predicted molar refractivity (Wildman–Crippen MR) is 74.5 cm³/mol. The molecule has 0 spiro atoms. The molecule has 1 N–H and O–H groups in total. The van der Waals surface area contributed by atoms with Gasteiger partial charge in [0.1, 0.15) is 5.82 Å². The van der Waals surface area contributed by atoms with Crippen molar-refractivity contribution in [1.82, 2.24) is 9.62 Å². The molecule has 0 radical (unpaired) electrons. The molecule has 2 saturated heterocycles. The van der Waals surface area contributed by atoms with Crippen molar-refractivity contribution in [2.24, 2.45) is 0 Å². The summed E-state index contributed by atoms with van der Waals surface area (Å²) < 4.78 is 40.3. The Hall–Kier alpha value is -0.980. The first-order valence-corrected chi connectivity index (χ1v) is 8.43. The van der Waals surface area contributed by atoms with E-state index in [4.69, 9.17) is 0 Å². The van der Waals surface area contributed by atoms with Crippen molar-refractivity contribution >= 4 is 10.0 Å². The molecule has 2 atom stereocenters. The molecule has 2 aliphatic rings. The van der Waals surface area contributed by atoms with Crippen LogP contribution >= 0.6 is 0 Å². The number of rotatable bonds is 2. The van der Waals surface area contributed by atoms with Crippen LogP contribution in [0.3, 0.4) is 0 Å². The molecule has 3 rings (SSSR count). The van der Waals surface area contributed by atoms with E-state index in [2.05, 4.69) is 5.32 Å². The van der Waals surface area contributed by atoms with Crippen LogP contribution in [0.1, 0.15) is 24.8 Å². The second kappa shape index (κ2) is 5.09. The molecule has 2 bridgehead atoms. The number of fused-ring (bicyclic) bond motifs is 2. The van der Waals surface area contributed by atoms with E-state index in [0.717, 1.165) is 25.3 Å². The monoisotopic (exact) mass is 298 g/mol. The van der Waals surface area contributed by atoms with E-state index in [-0.39, 0.29) is 10.9 Å². The smallest absolute Gasteiger partial charge is 0.243 e. The van der Waals surface area contributed by atoms with Gasteiger partial charge in [0.15, 0.2) is 0 Å². The van der Waals surface area contributed by atoms with Crippen molar-refractivity contribution in [3.63, 3.8) is 0 Å². The van der Waals surface area contributed by atoms with Crippen LogP contribution in [0, 0.1) is 12.7 Å². The SMILES string of the molecule is Cc1ccc(F)cc1S(=O)(=O)N1CCC2CCC(C1)N2. The van der Waals surface area contributed by atoms with Gasteiger partial charge in [-0.15, -0.1) is 0 Å². The van der Waals surface area contributed by atoms with E-state index < -0.39 is 15.8 Å². The molecule has 2 unspecified atom stereocenters. The summed E-state index contributed by atoms with van der Waals surface area (Å²) in [6, 6.07) is 4.59. The number of halogens is 1. The van der Waals surface area contributed by atoms with Gasteiger partial charge in [0.25, 0.3) is 0 Å². The molecular weight excluding hydrogens is 279 g/mol. The van der Waals surface area contributed by atoms with Crippen LogP contribution in [-0.4, -0.2) is 37.9 Å². The van der Waals surface area contributed by atoms with Gasteiger partial charge in [0.2, 0.25) is 10.0 Å². The lowest BCUT2D eigenvalue weighted by molar-refractivity contribution is 0.383. The molecule has 4 nitrogen and oxygen atoms in total. The van der Waals surface area contributed by atoms with Crippen LogP contribution in [0.5, 0.6) is 0 Å². The zero-order valence-electron chi connectivity index (χ0n) is 11.5. The minimum Gasteiger partial charge on any atom is -0.310 e. The number of hydrogen-bond acceptors (Lipinski definition) is 3. The Morgan fingerprint density at radius 2 is 2.00 bits per heavy atom. The summed E-state index contributed by atoms with van der Waals surface area (Å²) in [6.07, 6.45) is 2.96. The molecule has 2 aliphatic heterocycles. The molecule has 1 aromatic carbocycles. The first-order valence-electron chi connectivity index (χ1n) is 6.99. The highest BCUT2D eigenvalue weighted by molar-refractivity contribution is 7.89. The Morgan fingerprint density at radius 1 is 1.25 bits per heavy atom. The number of aryl methyl sites for hydroxylation is 1. The number of nitrogens with one attached hydrogen (secondary N) is 1. The average Bonchev–Trinajstić information content (AvgIpc) is 2.71. The highest BCUT2D eigenvalue weighted by Crippen LogP contribution is 2.26. The lowest BCUT2D eigenvalue weighted by Gasteiger charge is -2.24. The number of nitrogens with zero attached hydrogens (tertiary/aromatic N) is 1. The van der Waals surface area contributed by atoms with Gasteiger partial charge in [-0.25, -0.2) is 12.8 Å². The minimum absolute atomic E-state index is 0.0928. The third-order valence-corrected chi connectivity index (χ3v) is 6.26. The van der Waals surface area contributed by atoms with Crippen LogP contribution in [0.2, 0.25) is 0 Å². The van der Waals surface area contributed by atoms with Crippen LogP contribution in [0.4, 0.5) is 4.39 Å². The molecule has 0 aromatic heterocycles. The van der Waals surface area contributed by atoms with E-state index in [1.54, 1.807) is 6.92 Å². The summed E-state index contributed by atoms with van der Waals surface area (Å²) in [6.45, 7) is 2.69. The third-order valence-electron chi connectivity index (χ3n) is 4.25. The van der Waals surface area contributed by atoms with Gasteiger partial charge in [0, 0.05) is 25.2 Å². The molecular formula is C14H19FN2O2S. The lowest BCUT2D eigenvalue weighted by Crippen LogP contribution is -2.39. The van der Waals surface area contributed by atoms with E-state index >= 15 is 0 Å². The van der Waals surface area contributed by atoms with Gasteiger partial charge in [-0.2, -0.15) is 4.31 Å². The quantitative estimate of drug-likeness (QED) is 0.903. The zero-order chi connectivity index (χ0) is 14.3. The van der Waals surface area contributed by atoms with Gasteiger partial charge in [-0.1, -0.05) is 6.07 Å². The summed E-state index contributed by atoms with van der Waals surface area (Å²) in [5.41, 5.74) is 0.591. The molecule has 0 aliphatic carbocycles. The fourth-order valence-electron chi connectivity index (χ4n) is 3.12. The molecule has 6 heteroatoms. The molecule has 0 saturated carbocycles. The van der Waals surface area contributed by atoms with Crippen molar-refractivity contribution < 1.29 is 12.8 Å². The average molecular weight is 298 g/mol. The Morgan fingerprint density at radius 3 is 2.80 bits per heavy atom. The highest BCUT2D eigenvalue weighted by atomic mass is 32.2. The van der Waals surface area contributed by atoms with Gasteiger partial charge < -0.3 is 5.32 Å². The number of sulfonamides is 1. The lowest BCUT2D eigenvalue weighted by atomic mass is 10.1.